The molecular weight excluding hydrogens is 405 g/mol. The molecule has 2 aliphatic rings. The van der Waals surface area contributed by atoms with Gasteiger partial charge in [0, 0.05) is 0 Å². The topological polar surface area (TPSA) is 0 Å². The van der Waals surface area contributed by atoms with E-state index in [9.17, 15) is 0 Å². The van der Waals surface area contributed by atoms with E-state index in [2.05, 4.69) is 13.8 Å². The van der Waals surface area contributed by atoms with Gasteiger partial charge in [0.1, 0.15) is 0 Å². The molecule has 0 N–H and O–H groups in total. The van der Waals surface area contributed by atoms with Crippen LogP contribution >= 0.6 is 0 Å². The molecule has 0 nitrogen and oxygen atoms in total. The number of allylic oxidation sites excluding steroid dienone is 5. The predicted octanol–water partition coefficient (Wildman–Crippen LogP) is 7.96. The Kier molecular flexibility index (Phi) is 5.10. The Morgan fingerprint density at radius 1 is 1.00 bits per heavy atom. The SMILES string of the molecule is CC[C]1([Zr]([F])([F])[CH]2C(C(C)C)=Cc3ccccc32)C(C)=C(C)C(C)=C1C. The molecule has 0 aliphatic heterocycles. The van der Waals surface area contributed by atoms with E-state index in [0.29, 0.717) is 6.42 Å². The van der Waals surface area contributed by atoms with Crippen LogP contribution in [0.2, 0.25) is 3.12 Å². The Balaban J connectivity index is 2.26. The molecule has 0 aromatic heterocycles. The molecule has 26 heavy (non-hydrogen) atoms. The number of fused-ring (bicyclic) bond motifs is 1. The molecule has 0 saturated carbocycles. The van der Waals surface area contributed by atoms with E-state index in [0.717, 1.165) is 39.0 Å². The molecule has 0 spiro atoms. The fourth-order valence-corrected chi connectivity index (χ4v) is 14.7. The van der Waals surface area contributed by atoms with Crippen molar-refractivity contribution in [3.8, 4) is 0 Å². The van der Waals surface area contributed by atoms with Crippen molar-refractivity contribution in [2.24, 2.45) is 5.92 Å². The number of hydrogen-bond donors (Lipinski definition) is 0. The van der Waals surface area contributed by atoms with Crippen LogP contribution in [-0.4, -0.2) is 0 Å². The van der Waals surface area contributed by atoms with Crippen molar-refractivity contribution >= 4 is 6.08 Å². The first kappa shape index (κ1) is 19.9. The zero-order valence-corrected chi connectivity index (χ0v) is 19.5. The Morgan fingerprint density at radius 3 is 2.04 bits per heavy atom. The molecule has 0 heterocycles. The maximum atomic E-state index is 16.7. The van der Waals surface area contributed by atoms with E-state index in [-0.39, 0.29) is 5.92 Å². The molecule has 2 aliphatic carbocycles. The fraction of sp³-hybridized carbons (Fsp3) is 0.478. The summed E-state index contributed by atoms with van der Waals surface area (Å²) in [5.41, 5.74) is 6.85. The van der Waals surface area contributed by atoms with E-state index >= 15 is 5.25 Å². The third-order valence-electron chi connectivity index (χ3n) is 7.06. The molecule has 140 valence electrons. The minimum absolute atomic E-state index is 0.140. The van der Waals surface area contributed by atoms with Crippen LogP contribution < -0.4 is 0 Å². The van der Waals surface area contributed by atoms with Crippen LogP contribution in [0.4, 0.5) is 5.25 Å². The quantitative estimate of drug-likeness (QED) is 0.450. The number of hydrogen-bond acceptors (Lipinski definition) is 0. The molecule has 0 radical (unpaired) electrons. The van der Waals surface area contributed by atoms with Gasteiger partial charge in [-0.15, -0.1) is 0 Å². The molecule has 1 atom stereocenters. The molecule has 1 aromatic rings. The van der Waals surface area contributed by atoms with Crippen molar-refractivity contribution < 1.29 is 26.7 Å². The zero-order valence-electron chi connectivity index (χ0n) is 17.0. The van der Waals surface area contributed by atoms with Gasteiger partial charge in [0.25, 0.3) is 0 Å². The van der Waals surface area contributed by atoms with Gasteiger partial charge < -0.3 is 0 Å². The molecular formula is C23H30F2Zr. The summed E-state index contributed by atoms with van der Waals surface area (Å²) in [5, 5.41) is 0. The van der Waals surface area contributed by atoms with Crippen molar-refractivity contribution in [2.75, 3.05) is 0 Å². The van der Waals surface area contributed by atoms with Crippen LogP contribution in [-0.2, 0) is 21.5 Å². The third-order valence-corrected chi connectivity index (χ3v) is 15.9. The van der Waals surface area contributed by atoms with Gasteiger partial charge in [-0.3, -0.25) is 0 Å². The van der Waals surface area contributed by atoms with Gasteiger partial charge in [-0.25, -0.2) is 0 Å². The number of halogens is 2. The number of benzene rings is 1. The van der Waals surface area contributed by atoms with Crippen LogP contribution in [0, 0.1) is 5.92 Å². The summed E-state index contributed by atoms with van der Waals surface area (Å²) in [7, 11) is 0. The summed E-state index contributed by atoms with van der Waals surface area (Å²) in [6, 6.07) is 7.81. The summed E-state index contributed by atoms with van der Waals surface area (Å²) < 4.78 is 31.8. The van der Waals surface area contributed by atoms with Crippen LogP contribution in [0.3, 0.4) is 0 Å². The predicted molar refractivity (Wildman–Crippen MR) is 104 cm³/mol. The average Bonchev–Trinajstić information content (AvgIpc) is 3.07. The fourth-order valence-electron chi connectivity index (χ4n) is 5.25. The monoisotopic (exact) mass is 434 g/mol. The van der Waals surface area contributed by atoms with Crippen LogP contribution in [0.25, 0.3) is 6.08 Å². The Hall–Kier alpha value is -0.817. The first-order chi connectivity index (χ1) is 12.1. The van der Waals surface area contributed by atoms with E-state index in [4.69, 9.17) is 0 Å². The van der Waals surface area contributed by atoms with E-state index in [1.54, 1.807) is 0 Å². The van der Waals surface area contributed by atoms with Gasteiger partial charge in [-0.1, -0.05) is 0 Å². The van der Waals surface area contributed by atoms with Crippen molar-refractivity contribution in [3.05, 3.63) is 63.3 Å². The standard InChI is InChI=1S/C12H13.C11H17.2FH.Zr/c1-9(2)12-7-10-5-3-4-6-11(10)8-12;1-6-11-9(4)7(2)8(3)10(11)5;;;/h3-9H,1-2H3;6H2,1-5H3;2*1H;/q;;;;+2/p-2. The second-order valence-corrected chi connectivity index (χ2v) is 14.8. The van der Waals surface area contributed by atoms with Crippen molar-refractivity contribution in [2.45, 2.75) is 61.6 Å². The average molecular weight is 436 g/mol. The third kappa shape index (κ3) is 2.45. The van der Waals surface area contributed by atoms with Gasteiger partial charge in [-0.2, -0.15) is 0 Å². The maximum absolute atomic E-state index is 16.7. The second kappa shape index (κ2) is 6.66. The van der Waals surface area contributed by atoms with E-state index < -0.39 is 28.2 Å². The first-order valence-electron chi connectivity index (χ1n) is 9.65. The molecule has 0 amide bonds. The summed E-state index contributed by atoms with van der Waals surface area (Å²) >= 11 is -5.72. The van der Waals surface area contributed by atoms with Crippen molar-refractivity contribution in [1.29, 1.82) is 0 Å². The van der Waals surface area contributed by atoms with E-state index in [1.165, 1.54) is 0 Å². The van der Waals surface area contributed by atoms with Crippen LogP contribution in [0.15, 0.2) is 52.1 Å². The van der Waals surface area contributed by atoms with Crippen LogP contribution in [0.5, 0.6) is 0 Å². The van der Waals surface area contributed by atoms with Gasteiger partial charge in [0.15, 0.2) is 0 Å². The first-order valence-corrected chi connectivity index (χ1v) is 14.2. The Labute approximate surface area is 163 Å². The van der Waals surface area contributed by atoms with E-state index in [1.807, 2.05) is 65.0 Å². The normalized spacial score (nSPS) is 22.4. The molecule has 0 fully saturated rings. The summed E-state index contributed by atoms with van der Waals surface area (Å²) in [5.74, 6) is 0.140. The summed E-state index contributed by atoms with van der Waals surface area (Å²) in [6.07, 6.45) is 2.55. The molecule has 3 heteroatoms. The van der Waals surface area contributed by atoms with Gasteiger partial charge in [-0.05, 0) is 0 Å². The zero-order chi connectivity index (χ0) is 19.4. The minimum atomic E-state index is -5.72. The summed E-state index contributed by atoms with van der Waals surface area (Å²) in [4.78, 5) is 0. The Bertz CT molecular complexity index is 816. The van der Waals surface area contributed by atoms with Gasteiger partial charge in [0.05, 0.1) is 0 Å². The van der Waals surface area contributed by atoms with Gasteiger partial charge >= 0.3 is 164 Å². The molecule has 3 rings (SSSR count). The van der Waals surface area contributed by atoms with Gasteiger partial charge in [0.2, 0.25) is 0 Å². The number of rotatable bonds is 4. The summed E-state index contributed by atoms with van der Waals surface area (Å²) in [6.45, 7) is 14.0. The molecule has 1 unspecified atom stereocenters. The van der Waals surface area contributed by atoms with Crippen LogP contribution in [0.1, 0.15) is 69.6 Å². The van der Waals surface area contributed by atoms with Crippen molar-refractivity contribution in [1.82, 2.24) is 0 Å². The molecule has 0 bridgehead atoms. The second-order valence-electron chi connectivity index (χ2n) is 8.24. The Morgan fingerprint density at radius 2 is 1.54 bits per heavy atom. The molecule has 0 saturated heterocycles. The molecule has 1 aromatic carbocycles. The van der Waals surface area contributed by atoms with Crippen molar-refractivity contribution in [3.63, 3.8) is 0 Å².